The molecular weight excluding hydrogens is 482 g/mol. The lowest BCUT2D eigenvalue weighted by Gasteiger charge is -2.34. The average molecular weight is 506 g/mol. The molecule has 2 aromatic rings. The minimum Gasteiger partial charge on any atom is -0.480 e. The molecule has 0 amide bonds. The zero-order chi connectivity index (χ0) is 22.6. The normalized spacial score (nSPS) is 21.0. The van der Waals surface area contributed by atoms with Crippen LogP contribution in [0, 0.1) is 0 Å². The predicted molar refractivity (Wildman–Crippen MR) is 125 cm³/mol. The Labute approximate surface area is 193 Å². The molecular formula is C23H24BrNO5S. The Kier molecular flexibility index (Phi) is 7.59. The Morgan fingerprint density at radius 1 is 1.13 bits per heavy atom. The van der Waals surface area contributed by atoms with Crippen LogP contribution in [0.25, 0.3) is 4.91 Å². The van der Waals surface area contributed by atoms with E-state index < -0.39 is 29.5 Å². The number of aliphatic carboxylic acids is 2. The van der Waals surface area contributed by atoms with Crippen molar-refractivity contribution in [2.24, 2.45) is 0 Å². The van der Waals surface area contributed by atoms with Gasteiger partial charge >= 0.3 is 11.9 Å². The topological polar surface area (TPSA) is 95.9 Å². The molecule has 0 aromatic heterocycles. The van der Waals surface area contributed by atoms with Crippen LogP contribution >= 0.6 is 27.7 Å². The number of rotatable bonds is 9. The van der Waals surface area contributed by atoms with Crippen LogP contribution in [0.4, 0.5) is 0 Å². The van der Waals surface area contributed by atoms with Gasteiger partial charge in [0.15, 0.2) is 11.0 Å². The van der Waals surface area contributed by atoms with E-state index in [4.69, 9.17) is 4.74 Å². The highest BCUT2D eigenvalue weighted by Gasteiger charge is 2.54. The van der Waals surface area contributed by atoms with Gasteiger partial charge in [-0.1, -0.05) is 68.4 Å². The van der Waals surface area contributed by atoms with Gasteiger partial charge in [0, 0.05) is 11.4 Å². The molecule has 0 radical (unpaired) electrons. The maximum Gasteiger partial charge on any atom is 0.329 e. The first-order valence-electron chi connectivity index (χ1n) is 9.79. The molecule has 0 bridgehead atoms. The van der Waals surface area contributed by atoms with Crippen LogP contribution in [0.1, 0.15) is 36.5 Å². The highest BCUT2D eigenvalue weighted by atomic mass is 79.9. The zero-order valence-corrected chi connectivity index (χ0v) is 19.6. The average Bonchev–Trinajstić information content (AvgIpc) is 3.04. The number of hydrogen-bond acceptors (Lipinski definition) is 5. The fourth-order valence-electron chi connectivity index (χ4n) is 3.33. The number of benzene rings is 2. The van der Waals surface area contributed by atoms with Crippen molar-refractivity contribution in [3.8, 4) is 0 Å². The number of thioether (sulfide) groups is 1. The molecule has 0 saturated heterocycles. The molecule has 3 rings (SSSR count). The van der Waals surface area contributed by atoms with E-state index in [0.29, 0.717) is 21.9 Å². The van der Waals surface area contributed by atoms with Gasteiger partial charge in [-0.05, 0) is 38.5 Å². The highest BCUT2D eigenvalue weighted by molar-refractivity contribution is 9.12. The van der Waals surface area contributed by atoms with Gasteiger partial charge in [-0.25, -0.2) is 4.79 Å². The van der Waals surface area contributed by atoms with E-state index in [0.717, 1.165) is 22.9 Å². The molecule has 8 heteroatoms. The van der Waals surface area contributed by atoms with Crippen LogP contribution < -0.4 is 5.32 Å². The molecule has 1 aliphatic rings. The highest BCUT2D eigenvalue weighted by Crippen LogP contribution is 2.52. The molecule has 1 heterocycles. The molecule has 0 spiro atoms. The quantitative estimate of drug-likeness (QED) is 0.426. The molecule has 3 N–H and O–H groups in total. The summed E-state index contributed by atoms with van der Waals surface area (Å²) in [7, 11) is 0. The van der Waals surface area contributed by atoms with E-state index in [9.17, 15) is 19.8 Å². The summed E-state index contributed by atoms with van der Waals surface area (Å²) in [5.74, 6) is -1.87. The van der Waals surface area contributed by atoms with Crippen LogP contribution in [0.3, 0.4) is 0 Å². The van der Waals surface area contributed by atoms with Crippen molar-refractivity contribution in [1.29, 1.82) is 0 Å². The van der Waals surface area contributed by atoms with Crippen LogP contribution in [0.15, 0.2) is 59.1 Å². The van der Waals surface area contributed by atoms with Gasteiger partial charge in [0.2, 0.25) is 0 Å². The van der Waals surface area contributed by atoms with Crippen molar-refractivity contribution in [2.45, 2.75) is 37.3 Å². The summed E-state index contributed by atoms with van der Waals surface area (Å²) in [6.07, 6.45) is 0. The molecule has 0 aliphatic carbocycles. The maximum absolute atomic E-state index is 12.2. The SMILES string of the molecule is CC(C)c1ccc(CNC2(OCC(=O)O)C(Br)=C(c3ccccc3)SC2C(=O)O)cc1. The summed E-state index contributed by atoms with van der Waals surface area (Å²) < 4.78 is 6.23. The number of carboxylic acids is 2. The van der Waals surface area contributed by atoms with E-state index in [1.54, 1.807) is 0 Å². The van der Waals surface area contributed by atoms with Crippen molar-refractivity contribution in [3.05, 3.63) is 75.8 Å². The number of nitrogens with one attached hydrogen (secondary N) is 1. The Bertz CT molecular complexity index is 977. The number of carboxylic acid groups (broad SMARTS) is 2. The Morgan fingerprint density at radius 2 is 1.77 bits per heavy atom. The molecule has 2 unspecified atom stereocenters. The molecule has 31 heavy (non-hydrogen) atoms. The van der Waals surface area contributed by atoms with Crippen LogP contribution in [-0.4, -0.2) is 39.7 Å². The molecule has 0 saturated carbocycles. The first-order valence-corrected chi connectivity index (χ1v) is 11.5. The van der Waals surface area contributed by atoms with Crippen LogP contribution in [0.5, 0.6) is 0 Å². The number of hydrogen-bond donors (Lipinski definition) is 3. The molecule has 2 atom stereocenters. The smallest absolute Gasteiger partial charge is 0.329 e. The van der Waals surface area contributed by atoms with Gasteiger partial charge in [-0.15, -0.1) is 11.8 Å². The third-order valence-corrected chi connectivity index (χ3v) is 7.71. The summed E-state index contributed by atoms with van der Waals surface area (Å²) in [4.78, 5) is 24.1. The third-order valence-electron chi connectivity index (χ3n) is 5.02. The van der Waals surface area contributed by atoms with E-state index in [1.807, 2.05) is 54.6 Å². The van der Waals surface area contributed by atoms with E-state index in [2.05, 4.69) is 35.1 Å². The first kappa shape index (κ1) is 23.5. The molecule has 2 aromatic carbocycles. The van der Waals surface area contributed by atoms with Crippen molar-refractivity contribution in [2.75, 3.05) is 6.61 Å². The fourth-order valence-corrected chi connectivity index (χ4v) is 5.78. The van der Waals surface area contributed by atoms with E-state index >= 15 is 0 Å². The maximum atomic E-state index is 12.2. The summed E-state index contributed by atoms with van der Waals surface area (Å²) in [5.41, 5.74) is 1.43. The molecule has 164 valence electrons. The van der Waals surface area contributed by atoms with Gasteiger partial charge in [0.05, 0.1) is 4.48 Å². The number of ether oxygens (including phenoxy) is 1. The molecule has 0 fully saturated rings. The molecule has 1 aliphatic heterocycles. The van der Waals surface area contributed by atoms with Crippen molar-refractivity contribution in [1.82, 2.24) is 5.32 Å². The van der Waals surface area contributed by atoms with Crippen molar-refractivity contribution >= 4 is 44.5 Å². The fraction of sp³-hybridized carbons (Fsp3) is 0.304. The summed E-state index contributed by atoms with van der Waals surface area (Å²) in [6, 6.07) is 17.4. The van der Waals surface area contributed by atoms with Gasteiger partial charge in [0.1, 0.15) is 6.61 Å². The second-order valence-corrected chi connectivity index (χ2v) is 9.42. The second-order valence-electron chi connectivity index (χ2n) is 7.51. The standard InChI is InChI=1S/C23H24BrNO5S/c1-14(2)16-10-8-15(9-11-16)12-25-23(30-13-18(26)27)20(24)19(31-21(23)22(28)29)17-6-4-3-5-7-17/h3-11,14,21,25H,12-13H2,1-2H3,(H,26,27)(H,28,29). The second kappa shape index (κ2) is 9.99. The van der Waals surface area contributed by atoms with E-state index in [-0.39, 0.29) is 0 Å². The van der Waals surface area contributed by atoms with Crippen molar-refractivity contribution < 1.29 is 24.5 Å². The van der Waals surface area contributed by atoms with Gasteiger partial charge in [-0.3, -0.25) is 10.1 Å². The minimum absolute atomic E-state index is 0.305. The lowest BCUT2D eigenvalue weighted by Crippen LogP contribution is -2.56. The Balaban J connectivity index is 1.97. The lowest BCUT2D eigenvalue weighted by molar-refractivity contribution is -0.155. The zero-order valence-electron chi connectivity index (χ0n) is 17.2. The summed E-state index contributed by atoms with van der Waals surface area (Å²) in [5, 5.41) is 21.3. The Morgan fingerprint density at radius 3 is 2.32 bits per heavy atom. The van der Waals surface area contributed by atoms with E-state index in [1.165, 1.54) is 5.56 Å². The Hall–Kier alpha value is -2.13. The van der Waals surface area contributed by atoms with Crippen LogP contribution in [-0.2, 0) is 20.9 Å². The monoisotopic (exact) mass is 505 g/mol. The molecule has 6 nitrogen and oxygen atoms in total. The van der Waals surface area contributed by atoms with Gasteiger partial charge in [0.25, 0.3) is 0 Å². The number of carbonyl (C=O) groups is 2. The predicted octanol–water partition coefficient (Wildman–Crippen LogP) is 4.66. The first-order chi connectivity index (χ1) is 14.7. The van der Waals surface area contributed by atoms with Gasteiger partial charge in [-0.2, -0.15) is 0 Å². The van der Waals surface area contributed by atoms with Crippen molar-refractivity contribution in [3.63, 3.8) is 0 Å². The largest absolute Gasteiger partial charge is 0.480 e. The summed E-state index contributed by atoms with van der Waals surface area (Å²) in [6.45, 7) is 3.89. The summed E-state index contributed by atoms with van der Waals surface area (Å²) >= 11 is 4.68. The minimum atomic E-state index is -1.53. The van der Waals surface area contributed by atoms with Crippen LogP contribution in [0.2, 0.25) is 0 Å². The third kappa shape index (κ3) is 5.20. The van der Waals surface area contributed by atoms with Gasteiger partial charge < -0.3 is 14.9 Å². The lowest BCUT2D eigenvalue weighted by atomic mass is 10.0. The number of halogens is 1.